The highest BCUT2D eigenvalue weighted by Gasteiger charge is 2.18. The van der Waals surface area contributed by atoms with E-state index in [1.165, 1.54) is 28.9 Å². The molecule has 28 heavy (non-hydrogen) atoms. The van der Waals surface area contributed by atoms with Crippen LogP contribution in [0, 0.1) is 17.0 Å². The molecule has 0 unspecified atom stereocenters. The van der Waals surface area contributed by atoms with Crippen molar-refractivity contribution in [1.29, 1.82) is 0 Å². The Kier molecular flexibility index (Phi) is 5.64. The van der Waals surface area contributed by atoms with Crippen LogP contribution in [-0.4, -0.2) is 27.2 Å². The molecule has 0 saturated carbocycles. The molecule has 3 rings (SSSR count). The van der Waals surface area contributed by atoms with E-state index in [-0.39, 0.29) is 23.8 Å². The number of halogens is 2. The van der Waals surface area contributed by atoms with Gasteiger partial charge in [-0.3, -0.25) is 4.79 Å². The fraction of sp³-hybridized carbons (Fsp3) is 0.176. The lowest BCUT2D eigenvalue weighted by Gasteiger charge is -2.10. The molecule has 146 valence electrons. The van der Waals surface area contributed by atoms with E-state index in [9.17, 15) is 23.7 Å². The number of benzene rings is 1. The van der Waals surface area contributed by atoms with Crippen molar-refractivity contribution < 1.29 is 23.2 Å². The first kappa shape index (κ1) is 19.4. The molecule has 0 aliphatic rings. The van der Waals surface area contributed by atoms with Gasteiger partial charge in [0.05, 0.1) is 34.0 Å². The van der Waals surface area contributed by atoms with Crippen molar-refractivity contribution in [2.24, 2.45) is 0 Å². The summed E-state index contributed by atoms with van der Waals surface area (Å²) in [7, 11) is 0. The highest BCUT2D eigenvalue weighted by Crippen LogP contribution is 2.27. The molecule has 2 aromatic heterocycles. The predicted octanol–water partition coefficient (Wildman–Crippen LogP) is 4.06. The fourth-order valence-corrected chi connectivity index (χ4v) is 3.24. The van der Waals surface area contributed by atoms with Gasteiger partial charge in [-0.15, -0.1) is 11.3 Å². The van der Waals surface area contributed by atoms with E-state index < -0.39 is 17.4 Å². The van der Waals surface area contributed by atoms with E-state index in [1.807, 2.05) is 0 Å². The number of hydrogen-bond donors (Lipinski definition) is 1. The van der Waals surface area contributed by atoms with Gasteiger partial charge in [0.25, 0.3) is 5.91 Å². The first-order chi connectivity index (χ1) is 13.3. The summed E-state index contributed by atoms with van der Waals surface area (Å²) >= 11 is 1.16. The zero-order valence-corrected chi connectivity index (χ0v) is 15.3. The van der Waals surface area contributed by atoms with E-state index >= 15 is 0 Å². The molecule has 0 fully saturated rings. The molecule has 11 heteroatoms. The van der Waals surface area contributed by atoms with Gasteiger partial charge in [-0.05, 0) is 41.0 Å². The number of amides is 1. The quantitative estimate of drug-likeness (QED) is 0.469. The fourth-order valence-electron chi connectivity index (χ4n) is 2.45. The standard InChI is InChI=1S/C17H14F2N4O4S/c1-10-6-15(23(25)26)21-22(10)8-11-7-14(28-9-11)16(24)20-12-4-2-3-5-13(12)27-17(18)19/h2-7,9,17H,8H2,1H3,(H,20,24). The lowest BCUT2D eigenvalue weighted by atomic mass is 10.2. The van der Waals surface area contributed by atoms with Gasteiger partial charge in [0, 0.05) is 0 Å². The van der Waals surface area contributed by atoms with E-state index in [4.69, 9.17) is 0 Å². The van der Waals surface area contributed by atoms with Crippen LogP contribution in [0.25, 0.3) is 0 Å². The average molecular weight is 408 g/mol. The van der Waals surface area contributed by atoms with Crippen molar-refractivity contribution in [2.75, 3.05) is 5.32 Å². The number of hydrogen-bond acceptors (Lipinski definition) is 6. The number of aromatic nitrogens is 2. The molecular formula is C17H14F2N4O4S. The third-order valence-electron chi connectivity index (χ3n) is 3.72. The predicted molar refractivity (Wildman–Crippen MR) is 98.1 cm³/mol. The van der Waals surface area contributed by atoms with Gasteiger partial charge in [0.1, 0.15) is 5.75 Å². The Hall–Kier alpha value is -3.34. The van der Waals surface area contributed by atoms with Crippen molar-refractivity contribution in [3.05, 3.63) is 68.0 Å². The third kappa shape index (κ3) is 4.49. The summed E-state index contributed by atoms with van der Waals surface area (Å²) in [6.45, 7) is -1.05. The number of rotatable bonds is 7. The molecule has 1 N–H and O–H groups in total. The van der Waals surface area contributed by atoms with Crippen LogP contribution in [-0.2, 0) is 6.54 Å². The summed E-state index contributed by atoms with van der Waals surface area (Å²) in [6.07, 6.45) is 0. The van der Waals surface area contributed by atoms with Crippen molar-refractivity contribution in [1.82, 2.24) is 9.78 Å². The van der Waals surface area contributed by atoms with Gasteiger partial charge in [-0.2, -0.15) is 13.5 Å². The number of anilines is 1. The molecule has 0 saturated heterocycles. The summed E-state index contributed by atoms with van der Waals surface area (Å²) in [5.41, 5.74) is 1.47. The number of carbonyl (C=O) groups excluding carboxylic acids is 1. The second-order valence-electron chi connectivity index (χ2n) is 5.71. The molecule has 1 amide bonds. The summed E-state index contributed by atoms with van der Waals surface area (Å²) < 4.78 is 30.8. The Morgan fingerprint density at radius 3 is 2.82 bits per heavy atom. The molecule has 3 aromatic rings. The molecule has 1 aromatic carbocycles. The Bertz CT molecular complexity index is 1020. The minimum atomic E-state index is -3.01. The number of aryl methyl sites for hydroxylation is 1. The smallest absolute Gasteiger partial charge is 0.390 e. The molecule has 0 radical (unpaired) electrons. The van der Waals surface area contributed by atoms with E-state index in [0.29, 0.717) is 10.6 Å². The summed E-state index contributed by atoms with van der Waals surface area (Å²) in [5, 5.41) is 19.0. The summed E-state index contributed by atoms with van der Waals surface area (Å²) in [4.78, 5) is 23.0. The van der Waals surface area contributed by atoms with E-state index in [2.05, 4.69) is 15.2 Å². The molecule has 0 aliphatic heterocycles. The summed E-state index contributed by atoms with van der Waals surface area (Å²) in [5.74, 6) is -0.867. The highest BCUT2D eigenvalue weighted by molar-refractivity contribution is 7.12. The molecular weight excluding hydrogens is 394 g/mol. The van der Waals surface area contributed by atoms with Crippen LogP contribution in [0.2, 0.25) is 0 Å². The van der Waals surface area contributed by atoms with Crippen molar-refractivity contribution in [2.45, 2.75) is 20.1 Å². The van der Waals surface area contributed by atoms with Crippen LogP contribution in [0.5, 0.6) is 5.75 Å². The molecule has 0 spiro atoms. The number of nitrogens with zero attached hydrogens (tertiary/aromatic N) is 3. The number of thiophene rings is 1. The maximum absolute atomic E-state index is 12.5. The highest BCUT2D eigenvalue weighted by atomic mass is 32.1. The Morgan fingerprint density at radius 1 is 1.39 bits per heavy atom. The van der Waals surface area contributed by atoms with Crippen LogP contribution in [0.3, 0.4) is 0 Å². The van der Waals surface area contributed by atoms with Gasteiger partial charge >= 0.3 is 12.4 Å². The van der Waals surface area contributed by atoms with Gasteiger partial charge in [0.15, 0.2) is 0 Å². The average Bonchev–Trinajstić information content (AvgIpc) is 3.24. The first-order valence-electron chi connectivity index (χ1n) is 7.95. The number of carbonyl (C=O) groups is 1. The van der Waals surface area contributed by atoms with Gasteiger partial charge in [-0.25, -0.2) is 0 Å². The molecule has 0 atom stereocenters. The second-order valence-corrected chi connectivity index (χ2v) is 6.62. The molecule has 0 aliphatic carbocycles. The number of para-hydroxylation sites is 2. The minimum absolute atomic E-state index is 0.126. The monoisotopic (exact) mass is 408 g/mol. The second kappa shape index (κ2) is 8.13. The molecule has 2 heterocycles. The first-order valence-corrected chi connectivity index (χ1v) is 8.83. The van der Waals surface area contributed by atoms with Crippen LogP contribution >= 0.6 is 11.3 Å². The van der Waals surface area contributed by atoms with Gasteiger partial charge < -0.3 is 20.2 Å². The van der Waals surface area contributed by atoms with Crippen LogP contribution in [0.1, 0.15) is 20.9 Å². The third-order valence-corrected chi connectivity index (χ3v) is 4.69. The Balaban J connectivity index is 1.72. The Labute approximate surface area is 161 Å². The number of nitrogens with one attached hydrogen (secondary N) is 1. The van der Waals surface area contributed by atoms with Crippen LogP contribution in [0.15, 0.2) is 41.8 Å². The zero-order chi connectivity index (χ0) is 20.3. The van der Waals surface area contributed by atoms with Crippen LogP contribution in [0.4, 0.5) is 20.3 Å². The zero-order valence-electron chi connectivity index (χ0n) is 14.5. The lowest BCUT2D eigenvalue weighted by Crippen LogP contribution is -2.12. The SMILES string of the molecule is Cc1cc([N+](=O)[O-])nn1Cc1csc(C(=O)Nc2ccccc2OC(F)F)c1. The topological polar surface area (TPSA) is 99.3 Å². The maximum atomic E-state index is 12.5. The molecule has 0 bridgehead atoms. The lowest BCUT2D eigenvalue weighted by molar-refractivity contribution is -0.389. The van der Waals surface area contributed by atoms with E-state index in [1.54, 1.807) is 24.4 Å². The van der Waals surface area contributed by atoms with E-state index in [0.717, 1.165) is 16.9 Å². The normalized spacial score (nSPS) is 10.9. The number of alkyl halides is 2. The number of nitro groups is 1. The van der Waals surface area contributed by atoms with Gasteiger partial charge in [0.2, 0.25) is 0 Å². The van der Waals surface area contributed by atoms with Crippen molar-refractivity contribution in [3.8, 4) is 5.75 Å². The summed E-state index contributed by atoms with van der Waals surface area (Å²) in [6, 6.07) is 8.86. The minimum Gasteiger partial charge on any atom is -0.433 e. The largest absolute Gasteiger partial charge is 0.433 e. The molecule has 8 nitrogen and oxygen atoms in total. The number of ether oxygens (including phenoxy) is 1. The van der Waals surface area contributed by atoms with Gasteiger partial charge in [-0.1, -0.05) is 12.1 Å². The van der Waals surface area contributed by atoms with Crippen molar-refractivity contribution >= 4 is 28.7 Å². The van der Waals surface area contributed by atoms with Crippen molar-refractivity contribution in [3.63, 3.8) is 0 Å². The Morgan fingerprint density at radius 2 is 2.14 bits per heavy atom. The maximum Gasteiger partial charge on any atom is 0.390 e. The van der Waals surface area contributed by atoms with Crippen LogP contribution < -0.4 is 10.1 Å².